The second-order valence-corrected chi connectivity index (χ2v) is 8.12. The van der Waals surface area contributed by atoms with Gasteiger partial charge in [0.2, 0.25) is 5.88 Å². The third-order valence-electron chi connectivity index (χ3n) is 4.93. The van der Waals surface area contributed by atoms with E-state index in [2.05, 4.69) is 36.5 Å². The zero-order valence-electron chi connectivity index (χ0n) is 17.4. The molecule has 0 spiro atoms. The number of aromatic hydroxyl groups is 1. The maximum Gasteiger partial charge on any atom is 0.295 e. The molecular weight excluding hydrogens is 506 g/mol. The van der Waals surface area contributed by atoms with E-state index in [9.17, 15) is 24.8 Å². The second-order valence-electron chi connectivity index (χ2n) is 7.20. The van der Waals surface area contributed by atoms with Crippen molar-refractivity contribution < 1.29 is 19.6 Å². The number of nitrogens with one attached hydrogen (secondary N) is 2. The highest BCUT2D eigenvalue weighted by atomic mass is 79.9. The average Bonchev–Trinajstić information content (AvgIpc) is 3.15. The number of nitro benzene ring substituents is 1. The fourth-order valence-electron chi connectivity index (χ4n) is 3.20. The molecule has 0 bridgehead atoms. The SMILES string of the molecule is O=C(N=Nc1c(O)[nH]c2ccc(Br)cc12)c1ccc(CNC(=O)c2cccc([N+](=O)[O-])c2)cc1. The van der Waals surface area contributed by atoms with Crippen molar-refractivity contribution in [3.8, 4) is 5.88 Å². The Hall–Kier alpha value is -4.38. The first-order chi connectivity index (χ1) is 16.3. The molecule has 0 aliphatic rings. The van der Waals surface area contributed by atoms with E-state index in [0.29, 0.717) is 16.5 Å². The van der Waals surface area contributed by atoms with Gasteiger partial charge in [0.15, 0.2) is 5.69 Å². The number of azo groups is 1. The van der Waals surface area contributed by atoms with E-state index in [1.165, 1.54) is 24.3 Å². The Bertz CT molecular complexity index is 1450. The number of non-ortho nitro benzene ring substituents is 1. The molecule has 1 aromatic heterocycles. The van der Waals surface area contributed by atoms with Gasteiger partial charge >= 0.3 is 0 Å². The number of hydrogen-bond donors (Lipinski definition) is 3. The summed E-state index contributed by atoms with van der Waals surface area (Å²) in [5.74, 6) is -1.25. The Morgan fingerprint density at radius 2 is 1.82 bits per heavy atom. The normalized spacial score (nSPS) is 11.1. The van der Waals surface area contributed by atoms with Crippen LogP contribution in [0.4, 0.5) is 11.4 Å². The molecule has 0 aliphatic carbocycles. The summed E-state index contributed by atoms with van der Waals surface area (Å²) in [7, 11) is 0. The number of nitro groups is 1. The topological polar surface area (TPSA) is 150 Å². The monoisotopic (exact) mass is 521 g/mol. The maximum absolute atomic E-state index is 12.4. The van der Waals surface area contributed by atoms with Crippen LogP contribution in [0.3, 0.4) is 0 Å². The summed E-state index contributed by atoms with van der Waals surface area (Å²) in [5, 5.41) is 31.8. The first-order valence-electron chi connectivity index (χ1n) is 9.89. The van der Waals surface area contributed by atoms with Gasteiger partial charge in [-0.1, -0.05) is 34.1 Å². The average molecular weight is 522 g/mol. The molecule has 0 saturated carbocycles. The Morgan fingerprint density at radius 3 is 2.56 bits per heavy atom. The van der Waals surface area contributed by atoms with Gasteiger partial charge in [-0.25, -0.2) is 0 Å². The van der Waals surface area contributed by atoms with E-state index in [1.54, 1.807) is 42.5 Å². The molecule has 0 unspecified atom stereocenters. The molecule has 4 rings (SSSR count). The fraction of sp³-hybridized carbons (Fsp3) is 0.0435. The predicted molar refractivity (Wildman–Crippen MR) is 127 cm³/mol. The van der Waals surface area contributed by atoms with Crippen LogP contribution < -0.4 is 5.32 Å². The van der Waals surface area contributed by atoms with E-state index in [-0.39, 0.29) is 34.9 Å². The summed E-state index contributed by atoms with van der Waals surface area (Å²) in [6.45, 7) is 0.162. The minimum atomic E-state index is -0.601. The number of aromatic amines is 1. The van der Waals surface area contributed by atoms with Crippen LogP contribution in [0.5, 0.6) is 5.88 Å². The lowest BCUT2D eigenvalue weighted by molar-refractivity contribution is -0.384. The molecule has 3 N–H and O–H groups in total. The molecule has 0 atom stereocenters. The second kappa shape index (κ2) is 9.63. The highest BCUT2D eigenvalue weighted by Crippen LogP contribution is 2.36. The first kappa shape index (κ1) is 22.8. The van der Waals surface area contributed by atoms with Gasteiger partial charge in [0, 0.05) is 39.7 Å². The van der Waals surface area contributed by atoms with Crippen molar-refractivity contribution in [1.82, 2.24) is 10.3 Å². The van der Waals surface area contributed by atoms with Crippen molar-refractivity contribution >= 4 is 50.0 Å². The fourth-order valence-corrected chi connectivity index (χ4v) is 3.56. The number of hydrogen-bond acceptors (Lipinski definition) is 6. The standard InChI is InChI=1S/C23H16BrN5O5/c24-16-8-9-19-18(11-16)20(23(32)26-19)27-28-22(31)14-6-4-13(5-7-14)12-25-21(30)15-2-1-3-17(10-15)29(33)34/h1-11,26,32H,12H2,(H,25,30). The zero-order chi connectivity index (χ0) is 24.2. The molecule has 0 aliphatic heterocycles. The molecule has 0 radical (unpaired) electrons. The number of carbonyl (C=O) groups is 2. The number of carbonyl (C=O) groups excluding carboxylic acids is 2. The number of aromatic nitrogens is 1. The van der Waals surface area contributed by atoms with E-state index in [1.807, 2.05) is 0 Å². The molecule has 10 nitrogen and oxygen atoms in total. The largest absolute Gasteiger partial charge is 0.493 e. The van der Waals surface area contributed by atoms with Crippen molar-refractivity contribution in [2.45, 2.75) is 6.54 Å². The highest BCUT2D eigenvalue weighted by Gasteiger charge is 2.13. The van der Waals surface area contributed by atoms with Crippen LogP contribution in [0.1, 0.15) is 26.3 Å². The van der Waals surface area contributed by atoms with Crippen molar-refractivity contribution in [1.29, 1.82) is 0 Å². The van der Waals surface area contributed by atoms with Gasteiger partial charge in [0.05, 0.1) is 10.4 Å². The molecule has 34 heavy (non-hydrogen) atoms. The number of nitrogens with zero attached hydrogens (tertiary/aromatic N) is 3. The summed E-state index contributed by atoms with van der Waals surface area (Å²) in [6, 6.07) is 17.1. The molecule has 4 aromatic rings. The lowest BCUT2D eigenvalue weighted by Gasteiger charge is -2.06. The zero-order valence-corrected chi connectivity index (χ0v) is 18.9. The number of H-pyrrole nitrogens is 1. The Morgan fingerprint density at radius 1 is 1.06 bits per heavy atom. The molecule has 3 aromatic carbocycles. The molecule has 0 saturated heterocycles. The van der Waals surface area contributed by atoms with Gasteiger partial charge in [-0.15, -0.1) is 10.2 Å². The maximum atomic E-state index is 12.4. The van der Waals surface area contributed by atoms with Crippen molar-refractivity contribution in [2.24, 2.45) is 10.2 Å². The minimum absolute atomic E-state index is 0.158. The smallest absolute Gasteiger partial charge is 0.295 e. The van der Waals surface area contributed by atoms with Crippen molar-refractivity contribution in [3.63, 3.8) is 0 Å². The third kappa shape index (κ3) is 4.99. The molecular formula is C23H16BrN5O5. The lowest BCUT2D eigenvalue weighted by Crippen LogP contribution is -2.22. The quantitative estimate of drug-likeness (QED) is 0.176. The highest BCUT2D eigenvalue weighted by molar-refractivity contribution is 9.10. The molecule has 170 valence electrons. The van der Waals surface area contributed by atoms with E-state index in [0.717, 1.165) is 4.47 Å². The molecule has 2 amide bonds. The van der Waals surface area contributed by atoms with Gasteiger partial charge < -0.3 is 15.4 Å². The summed E-state index contributed by atoms with van der Waals surface area (Å²) in [4.78, 5) is 37.7. The summed E-state index contributed by atoms with van der Waals surface area (Å²) < 4.78 is 0.787. The van der Waals surface area contributed by atoms with E-state index < -0.39 is 16.7 Å². The number of benzene rings is 3. The van der Waals surface area contributed by atoms with Crippen LogP contribution in [0.15, 0.2) is 81.4 Å². The third-order valence-corrected chi connectivity index (χ3v) is 5.42. The summed E-state index contributed by atoms with van der Waals surface area (Å²) >= 11 is 3.36. The number of amides is 2. The summed E-state index contributed by atoms with van der Waals surface area (Å²) in [5.41, 5.74) is 1.81. The van der Waals surface area contributed by atoms with E-state index >= 15 is 0 Å². The lowest BCUT2D eigenvalue weighted by atomic mass is 10.1. The van der Waals surface area contributed by atoms with Gasteiger partial charge in [-0.3, -0.25) is 19.7 Å². The minimum Gasteiger partial charge on any atom is -0.493 e. The van der Waals surface area contributed by atoms with Crippen molar-refractivity contribution in [2.75, 3.05) is 0 Å². The van der Waals surface area contributed by atoms with Crippen LogP contribution in [-0.2, 0) is 6.54 Å². The Balaban J connectivity index is 1.41. The number of fused-ring (bicyclic) bond motifs is 1. The number of halogens is 1. The van der Waals surface area contributed by atoms with Crippen LogP contribution >= 0.6 is 15.9 Å². The van der Waals surface area contributed by atoms with Gasteiger partial charge in [0.1, 0.15) is 0 Å². The Kier molecular flexibility index (Phi) is 6.46. The van der Waals surface area contributed by atoms with Gasteiger partial charge in [-0.2, -0.15) is 0 Å². The van der Waals surface area contributed by atoms with Gasteiger partial charge in [0.25, 0.3) is 17.5 Å². The van der Waals surface area contributed by atoms with Crippen LogP contribution in [0, 0.1) is 10.1 Å². The van der Waals surface area contributed by atoms with Crippen LogP contribution in [-0.4, -0.2) is 26.8 Å². The molecule has 11 heteroatoms. The van der Waals surface area contributed by atoms with E-state index in [4.69, 9.17) is 0 Å². The van der Waals surface area contributed by atoms with Crippen LogP contribution in [0.2, 0.25) is 0 Å². The summed E-state index contributed by atoms with van der Waals surface area (Å²) in [6.07, 6.45) is 0. The van der Waals surface area contributed by atoms with Gasteiger partial charge in [-0.05, 0) is 42.0 Å². The predicted octanol–water partition coefficient (Wildman–Crippen LogP) is 5.40. The molecule has 0 fully saturated rings. The van der Waals surface area contributed by atoms with Crippen LogP contribution in [0.25, 0.3) is 10.9 Å². The number of rotatable bonds is 6. The van der Waals surface area contributed by atoms with Crippen molar-refractivity contribution in [3.05, 3.63) is 98.0 Å². The Labute approximate surface area is 200 Å². The first-order valence-corrected chi connectivity index (χ1v) is 10.7. The molecule has 1 heterocycles.